The summed E-state index contributed by atoms with van der Waals surface area (Å²) in [5.41, 5.74) is 0.719. The van der Waals surface area contributed by atoms with Crippen LogP contribution in [0.5, 0.6) is 0 Å². The second-order valence-electron chi connectivity index (χ2n) is 4.44. The van der Waals surface area contributed by atoms with Crippen molar-refractivity contribution in [2.45, 2.75) is 6.92 Å². The van der Waals surface area contributed by atoms with Gasteiger partial charge in [-0.25, -0.2) is 0 Å². The first kappa shape index (κ1) is 13.3. The van der Waals surface area contributed by atoms with E-state index < -0.39 is 0 Å². The summed E-state index contributed by atoms with van der Waals surface area (Å²) in [6, 6.07) is 11.5. The number of hydrogen-bond donors (Lipinski definition) is 0. The number of carbonyl (C=O) groups is 1. The van der Waals surface area contributed by atoms with Crippen molar-refractivity contribution in [1.29, 1.82) is 0 Å². The van der Waals surface area contributed by atoms with Gasteiger partial charge in [0.1, 0.15) is 5.58 Å². The number of carbonyl (C=O) groups excluding carboxylic acids is 1. The highest BCUT2D eigenvalue weighted by Gasteiger charge is 2.09. The van der Waals surface area contributed by atoms with E-state index in [0.29, 0.717) is 5.76 Å². The van der Waals surface area contributed by atoms with Gasteiger partial charge >= 0.3 is 0 Å². The van der Waals surface area contributed by atoms with Gasteiger partial charge < -0.3 is 4.42 Å². The van der Waals surface area contributed by atoms with Crippen LogP contribution in [-0.4, -0.2) is 5.78 Å². The van der Waals surface area contributed by atoms with Crippen LogP contribution in [0.2, 0.25) is 0 Å². The molecule has 0 N–H and O–H groups in total. The predicted molar refractivity (Wildman–Crippen MR) is 86.3 cm³/mol. The number of benzene rings is 1. The van der Waals surface area contributed by atoms with Crippen molar-refractivity contribution in [3.05, 3.63) is 62.5 Å². The first-order chi connectivity index (χ1) is 9.61. The largest absolute Gasteiger partial charge is 0.453 e. The van der Waals surface area contributed by atoms with E-state index in [1.807, 2.05) is 43.3 Å². The van der Waals surface area contributed by atoms with Crippen LogP contribution in [0, 0.1) is 6.92 Å². The summed E-state index contributed by atoms with van der Waals surface area (Å²) in [6.45, 7) is 2.04. The summed E-state index contributed by atoms with van der Waals surface area (Å²) in [5.74, 6) is 0.242. The number of furan rings is 1. The second kappa shape index (κ2) is 5.38. The molecule has 0 atom stereocenters. The Kier molecular flexibility index (Phi) is 3.59. The summed E-state index contributed by atoms with van der Waals surface area (Å²) in [6.07, 6.45) is 3.38. The molecule has 0 saturated carbocycles. The van der Waals surface area contributed by atoms with Gasteiger partial charge in [0.05, 0.1) is 0 Å². The molecule has 0 unspecified atom stereocenters. The third-order valence-electron chi connectivity index (χ3n) is 2.88. The molecule has 0 bridgehead atoms. The van der Waals surface area contributed by atoms with E-state index in [1.54, 1.807) is 23.5 Å². The van der Waals surface area contributed by atoms with Gasteiger partial charge in [-0.3, -0.25) is 4.79 Å². The van der Waals surface area contributed by atoms with Gasteiger partial charge in [0.15, 0.2) is 5.76 Å². The average molecular weight is 347 g/mol. The Morgan fingerprint density at radius 2 is 2.10 bits per heavy atom. The Morgan fingerprint density at radius 1 is 1.25 bits per heavy atom. The predicted octanol–water partition coefficient (Wildman–Crippen LogP) is 5.46. The minimum absolute atomic E-state index is 0.122. The topological polar surface area (TPSA) is 30.2 Å². The molecule has 3 aromatic rings. The van der Waals surface area contributed by atoms with Crippen molar-refractivity contribution in [3.8, 4) is 0 Å². The maximum absolute atomic E-state index is 12.1. The van der Waals surface area contributed by atoms with E-state index in [4.69, 9.17) is 4.42 Å². The minimum Gasteiger partial charge on any atom is -0.453 e. The molecule has 0 aliphatic heterocycles. The minimum atomic E-state index is -0.122. The zero-order valence-corrected chi connectivity index (χ0v) is 13.1. The summed E-state index contributed by atoms with van der Waals surface area (Å²) in [7, 11) is 0. The molecule has 2 aromatic heterocycles. The number of fused-ring (bicyclic) bond motifs is 1. The number of rotatable bonds is 3. The Balaban J connectivity index is 1.87. The molecule has 0 spiro atoms. The molecule has 0 aliphatic carbocycles. The van der Waals surface area contributed by atoms with Crippen molar-refractivity contribution in [2.24, 2.45) is 0 Å². The quantitative estimate of drug-likeness (QED) is 0.465. The monoisotopic (exact) mass is 346 g/mol. The lowest BCUT2D eigenvalue weighted by atomic mass is 10.2. The van der Waals surface area contributed by atoms with E-state index in [2.05, 4.69) is 15.9 Å². The summed E-state index contributed by atoms with van der Waals surface area (Å²) < 4.78 is 6.53. The molecule has 0 saturated heterocycles. The Morgan fingerprint density at radius 3 is 2.85 bits per heavy atom. The van der Waals surface area contributed by atoms with E-state index in [0.717, 1.165) is 20.3 Å². The van der Waals surface area contributed by atoms with Crippen LogP contribution < -0.4 is 0 Å². The van der Waals surface area contributed by atoms with E-state index in [1.165, 1.54) is 4.88 Å². The van der Waals surface area contributed by atoms with Gasteiger partial charge in [-0.2, -0.15) is 0 Å². The van der Waals surface area contributed by atoms with Gasteiger partial charge in [0, 0.05) is 19.6 Å². The number of ketones is 1. The second-order valence-corrected chi connectivity index (χ2v) is 6.67. The third kappa shape index (κ3) is 2.76. The van der Waals surface area contributed by atoms with Gasteiger partial charge in [-0.05, 0) is 55.5 Å². The zero-order valence-electron chi connectivity index (χ0n) is 10.7. The smallest absolute Gasteiger partial charge is 0.221 e. The number of hydrogen-bond acceptors (Lipinski definition) is 3. The molecule has 20 heavy (non-hydrogen) atoms. The lowest BCUT2D eigenvalue weighted by Crippen LogP contribution is -1.89. The number of thiophene rings is 1. The average Bonchev–Trinajstić information content (AvgIpc) is 3.01. The Bertz CT molecular complexity index is 811. The highest BCUT2D eigenvalue weighted by molar-refractivity contribution is 9.10. The standard InChI is InChI=1S/C16H11BrO2S/c1-10-2-4-13(20-10)5-6-14(18)16-9-11-8-12(17)3-7-15(11)19-16/h2-9H,1H3/b6-5+. The molecule has 0 fully saturated rings. The van der Waals surface area contributed by atoms with E-state index in [9.17, 15) is 4.79 Å². The van der Waals surface area contributed by atoms with Gasteiger partial charge in [0.2, 0.25) is 5.78 Å². The van der Waals surface area contributed by atoms with Crippen LogP contribution in [-0.2, 0) is 0 Å². The molecule has 0 amide bonds. The first-order valence-electron chi connectivity index (χ1n) is 6.10. The fourth-order valence-electron chi connectivity index (χ4n) is 1.92. The Labute approximate surface area is 128 Å². The van der Waals surface area contributed by atoms with Crippen LogP contribution in [0.15, 0.2) is 51.4 Å². The van der Waals surface area contributed by atoms with Gasteiger partial charge in [-0.15, -0.1) is 11.3 Å². The molecular formula is C16H11BrO2S. The number of halogens is 1. The van der Waals surface area contributed by atoms with Crippen LogP contribution >= 0.6 is 27.3 Å². The van der Waals surface area contributed by atoms with Crippen LogP contribution in [0.1, 0.15) is 20.3 Å². The summed E-state index contributed by atoms with van der Waals surface area (Å²) in [5, 5.41) is 0.920. The van der Waals surface area contributed by atoms with E-state index in [-0.39, 0.29) is 5.78 Å². The van der Waals surface area contributed by atoms with Crippen molar-refractivity contribution in [2.75, 3.05) is 0 Å². The third-order valence-corrected chi connectivity index (χ3v) is 4.34. The van der Waals surface area contributed by atoms with Crippen molar-refractivity contribution in [3.63, 3.8) is 0 Å². The first-order valence-corrected chi connectivity index (χ1v) is 7.71. The van der Waals surface area contributed by atoms with Crippen LogP contribution in [0.4, 0.5) is 0 Å². The molecule has 0 aliphatic rings. The molecule has 2 nitrogen and oxygen atoms in total. The molecule has 100 valence electrons. The number of allylic oxidation sites excluding steroid dienone is 1. The fraction of sp³-hybridized carbons (Fsp3) is 0.0625. The van der Waals surface area contributed by atoms with Gasteiger partial charge in [-0.1, -0.05) is 15.9 Å². The molecule has 1 aromatic carbocycles. The molecule has 0 radical (unpaired) electrons. The normalized spacial score (nSPS) is 11.5. The van der Waals surface area contributed by atoms with Gasteiger partial charge in [0.25, 0.3) is 0 Å². The molecule has 3 rings (SSSR count). The summed E-state index contributed by atoms with van der Waals surface area (Å²) in [4.78, 5) is 14.4. The highest BCUT2D eigenvalue weighted by atomic mass is 79.9. The lowest BCUT2D eigenvalue weighted by Gasteiger charge is -1.88. The SMILES string of the molecule is Cc1ccc(/C=C/C(=O)c2cc3cc(Br)ccc3o2)s1. The molecule has 4 heteroatoms. The summed E-state index contributed by atoms with van der Waals surface area (Å²) >= 11 is 5.06. The molecule has 2 heterocycles. The van der Waals surface area contributed by atoms with Crippen LogP contribution in [0.25, 0.3) is 17.0 Å². The van der Waals surface area contributed by atoms with Crippen molar-refractivity contribution in [1.82, 2.24) is 0 Å². The van der Waals surface area contributed by atoms with E-state index >= 15 is 0 Å². The fourth-order valence-corrected chi connectivity index (χ4v) is 3.08. The highest BCUT2D eigenvalue weighted by Crippen LogP contribution is 2.24. The zero-order chi connectivity index (χ0) is 14.1. The van der Waals surface area contributed by atoms with Crippen LogP contribution in [0.3, 0.4) is 0 Å². The van der Waals surface area contributed by atoms with Crippen molar-refractivity contribution < 1.29 is 9.21 Å². The molecular weight excluding hydrogens is 336 g/mol. The maximum Gasteiger partial charge on any atom is 0.221 e. The number of aryl methyl sites for hydroxylation is 1. The Hall–Kier alpha value is -1.65. The maximum atomic E-state index is 12.1. The van der Waals surface area contributed by atoms with Crippen molar-refractivity contribution >= 4 is 50.1 Å². The lowest BCUT2D eigenvalue weighted by molar-refractivity contribution is 0.102.